The van der Waals surface area contributed by atoms with Crippen molar-refractivity contribution in [2.45, 2.75) is 51.9 Å². The summed E-state index contributed by atoms with van der Waals surface area (Å²) >= 11 is 1.66. The topological polar surface area (TPSA) is 79.3 Å². The average Bonchev–Trinajstić information content (AvgIpc) is 2.96. The van der Waals surface area contributed by atoms with Crippen LogP contribution in [0.4, 0.5) is 0 Å². The van der Waals surface area contributed by atoms with Gasteiger partial charge in [-0.25, -0.2) is 4.98 Å². The molecule has 1 aromatic rings. The summed E-state index contributed by atoms with van der Waals surface area (Å²) in [5.41, 5.74) is 1.01. The fourth-order valence-electron chi connectivity index (χ4n) is 2.81. The van der Waals surface area contributed by atoms with Crippen LogP contribution < -0.4 is 5.32 Å². The van der Waals surface area contributed by atoms with Gasteiger partial charge in [0, 0.05) is 30.2 Å². The zero-order valence-electron chi connectivity index (χ0n) is 13.2. The molecule has 2 atom stereocenters. The van der Waals surface area contributed by atoms with Gasteiger partial charge in [-0.15, -0.1) is 11.3 Å². The minimum absolute atomic E-state index is 0.00902. The van der Waals surface area contributed by atoms with Gasteiger partial charge in [0.15, 0.2) is 0 Å². The Kier molecular flexibility index (Phi) is 5.94. The fourth-order valence-corrected chi connectivity index (χ4v) is 3.68. The van der Waals surface area contributed by atoms with Gasteiger partial charge in [0.1, 0.15) is 0 Å². The van der Waals surface area contributed by atoms with Gasteiger partial charge >= 0.3 is 5.97 Å². The van der Waals surface area contributed by atoms with Gasteiger partial charge in [-0.3, -0.25) is 9.59 Å². The number of carbonyl (C=O) groups excluding carboxylic acids is 1. The number of hydrogen-bond donors (Lipinski definition) is 2. The Balaban J connectivity index is 1.76. The summed E-state index contributed by atoms with van der Waals surface area (Å²) in [4.78, 5) is 27.7. The maximum atomic E-state index is 12.1. The number of rotatable bonds is 6. The Hall–Kier alpha value is -1.43. The molecule has 0 spiro atoms. The highest BCUT2D eigenvalue weighted by Gasteiger charge is 2.30. The summed E-state index contributed by atoms with van der Waals surface area (Å²) in [5, 5.41) is 15.2. The first-order chi connectivity index (χ1) is 10.5. The lowest BCUT2D eigenvalue weighted by molar-refractivity contribution is -0.144. The van der Waals surface area contributed by atoms with Gasteiger partial charge < -0.3 is 10.4 Å². The molecule has 0 bridgehead atoms. The van der Waals surface area contributed by atoms with Crippen LogP contribution in [0.2, 0.25) is 0 Å². The number of aromatic nitrogens is 1. The van der Waals surface area contributed by atoms with E-state index in [0.717, 1.165) is 30.0 Å². The molecule has 1 saturated carbocycles. The predicted molar refractivity (Wildman–Crippen MR) is 86.0 cm³/mol. The van der Waals surface area contributed by atoms with Crippen molar-refractivity contribution in [3.05, 3.63) is 16.1 Å². The van der Waals surface area contributed by atoms with Crippen molar-refractivity contribution >= 4 is 23.2 Å². The summed E-state index contributed by atoms with van der Waals surface area (Å²) in [6.45, 7) is 4.80. The Morgan fingerprint density at radius 3 is 2.77 bits per heavy atom. The number of carboxylic acids is 1. The van der Waals surface area contributed by atoms with Crippen LogP contribution in [-0.4, -0.2) is 28.5 Å². The van der Waals surface area contributed by atoms with Gasteiger partial charge in [-0.05, 0) is 19.3 Å². The van der Waals surface area contributed by atoms with E-state index in [1.165, 1.54) is 0 Å². The van der Waals surface area contributed by atoms with Crippen molar-refractivity contribution in [1.29, 1.82) is 0 Å². The van der Waals surface area contributed by atoms with E-state index in [0.29, 0.717) is 25.3 Å². The third-order valence-electron chi connectivity index (χ3n) is 4.14. The van der Waals surface area contributed by atoms with E-state index in [4.69, 9.17) is 5.11 Å². The van der Waals surface area contributed by atoms with E-state index in [2.05, 4.69) is 24.1 Å². The van der Waals surface area contributed by atoms with Crippen molar-refractivity contribution in [2.24, 2.45) is 11.8 Å². The highest BCUT2D eigenvalue weighted by atomic mass is 32.1. The number of thiazole rings is 1. The van der Waals surface area contributed by atoms with E-state index in [1.807, 2.05) is 5.38 Å². The first-order valence-electron chi connectivity index (χ1n) is 7.92. The largest absolute Gasteiger partial charge is 0.481 e. The molecule has 0 radical (unpaired) electrons. The lowest BCUT2D eigenvalue weighted by Gasteiger charge is -2.25. The molecule has 0 aromatic carbocycles. The Morgan fingerprint density at radius 2 is 2.14 bits per heavy atom. The third-order valence-corrected chi connectivity index (χ3v) is 5.33. The molecule has 1 heterocycles. The van der Waals surface area contributed by atoms with E-state index in [1.54, 1.807) is 11.3 Å². The number of nitrogens with zero attached hydrogens (tertiary/aromatic N) is 1. The van der Waals surface area contributed by atoms with Crippen LogP contribution in [0, 0.1) is 11.8 Å². The number of aliphatic carboxylic acids is 1. The van der Waals surface area contributed by atoms with Gasteiger partial charge in [-0.2, -0.15) is 0 Å². The molecule has 122 valence electrons. The Bertz CT molecular complexity index is 527. The summed E-state index contributed by atoms with van der Waals surface area (Å²) in [6.07, 6.45) is 3.50. The normalized spacial score (nSPS) is 21.8. The standard InChI is InChI=1S/C16H24N2O3S/c1-10(2)15-18-13(9-22-15)6-7-17-14(19)11-4-3-5-12(8-11)16(20)21/h9-12H,3-8H2,1-2H3,(H,17,19)(H,20,21). The Labute approximate surface area is 135 Å². The quantitative estimate of drug-likeness (QED) is 0.843. The second-order valence-corrected chi connectivity index (χ2v) is 7.16. The lowest BCUT2D eigenvalue weighted by Crippen LogP contribution is -2.36. The monoisotopic (exact) mass is 324 g/mol. The van der Waals surface area contributed by atoms with Crippen molar-refractivity contribution in [3.8, 4) is 0 Å². The van der Waals surface area contributed by atoms with Crippen LogP contribution in [0.15, 0.2) is 5.38 Å². The van der Waals surface area contributed by atoms with Crippen LogP contribution in [0.5, 0.6) is 0 Å². The molecule has 1 aliphatic rings. The summed E-state index contributed by atoms with van der Waals surface area (Å²) in [7, 11) is 0. The first kappa shape index (κ1) is 16.9. The van der Waals surface area contributed by atoms with Crippen molar-refractivity contribution in [3.63, 3.8) is 0 Å². The van der Waals surface area contributed by atoms with Crippen molar-refractivity contribution in [2.75, 3.05) is 6.54 Å². The van der Waals surface area contributed by atoms with Gasteiger partial charge in [0.2, 0.25) is 5.91 Å². The van der Waals surface area contributed by atoms with Crippen molar-refractivity contribution < 1.29 is 14.7 Å². The van der Waals surface area contributed by atoms with Gasteiger partial charge in [0.05, 0.1) is 16.6 Å². The summed E-state index contributed by atoms with van der Waals surface area (Å²) in [5.74, 6) is -0.872. The molecule has 1 amide bonds. The second-order valence-electron chi connectivity index (χ2n) is 6.27. The SMILES string of the molecule is CC(C)c1nc(CCNC(=O)C2CCCC(C(=O)O)C2)cs1. The zero-order valence-corrected chi connectivity index (χ0v) is 14.0. The van der Waals surface area contributed by atoms with Gasteiger partial charge in [-0.1, -0.05) is 20.3 Å². The fraction of sp³-hybridized carbons (Fsp3) is 0.688. The molecule has 2 unspecified atom stereocenters. The predicted octanol–water partition coefficient (Wildman–Crippen LogP) is 2.82. The molecular formula is C16H24N2O3S. The molecule has 1 fully saturated rings. The molecule has 1 aromatic heterocycles. The molecule has 0 saturated heterocycles. The van der Waals surface area contributed by atoms with Crippen LogP contribution >= 0.6 is 11.3 Å². The molecule has 2 N–H and O–H groups in total. The molecule has 6 heteroatoms. The van der Waals surface area contributed by atoms with Crippen LogP contribution in [0.25, 0.3) is 0 Å². The van der Waals surface area contributed by atoms with E-state index in [-0.39, 0.29) is 17.7 Å². The second kappa shape index (κ2) is 7.72. The molecule has 0 aliphatic heterocycles. The van der Waals surface area contributed by atoms with Crippen molar-refractivity contribution in [1.82, 2.24) is 10.3 Å². The maximum absolute atomic E-state index is 12.1. The van der Waals surface area contributed by atoms with E-state index in [9.17, 15) is 9.59 Å². The number of carbonyl (C=O) groups is 2. The number of carboxylic acid groups (broad SMARTS) is 1. The smallest absolute Gasteiger partial charge is 0.306 e. The zero-order chi connectivity index (χ0) is 16.1. The number of hydrogen-bond acceptors (Lipinski definition) is 4. The van der Waals surface area contributed by atoms with Crippen LogP contribution in [0.1, 0.15) is 56.2 Å². The maximum Gasteiger partial charge on any atom is 0.306 e. The molecule has 22 heavy (non-hydrogen) atoms. The van der Waals surface area contributed by atoms with E-state index >= 15 is 0 Å². The average molecular weight is 324 g/mol. The summed E-state index contributed by atoms with van der Waals surface area (Å²) in [6, 6.07) is 0. The number of nitrogens with one attached hydrogen (secondary N) is 1. The lowest BCUT2D eigenvalue weighted by atomic mass is 9.81. The molecular weight excluding hydrogens is 300 g/mol. The van der Waals surface area contributed by atoms with Gasteiger partial charge in [0.25, 0.3) is 0 Å². The van der Waals surface area contributed by atoms with Crippen LogP contribution in [-0.2, 0) is 16.0 Å². The summed E-state index contributed by atoms with van der Waals surface area (Å²) < 4.78 is 0. The minimum Gasteiger partial charge on any atom is -0.481 e. The third kappa shape index (κ3) is 4.53. The highest BCUT2D eigenvalue weighted by Crippen LogP contribution is 2.29. The molecule has 1 aliphatic carbocycles. The number of amides is 1. The first-order valence-corrected chi connectivity index (χ1v) is 8.80. The molecule has 5 nitrogen and oxygen atoms in total. The van der Waals surface area contributed by atoms with E-state index < -0.39 is 5.97 Å². The Morgan fingerprint density at radius 1 is 1.41 bits per heavy atom. The van der Waals surface area contributed by atoms with Crippen LogP contribution in [0.3, 0.4) is 0 Å². The highest BCUT2D eigenvalue weighted by molar-refractivity contribution is 7.09. The minimum atomic E-state index is -0.777. The molecule has 2 rings (SSSR count).